The third kappa shape index (κ3) is 2.57. The first-order valence-electron chi connectivity index (χ1n) is 7.54. The van der Waals surface area contributed by atoms with Crippen LogP contribution in [0.25, 0.3) is 11.0 Å². The van der Waals surface area contributed by atoms with Gasteiger partial charge in [-0.25, -0.2) is 9.78 Å². The van der Waals surface area contributed by atoms with Gasteiger partial charge in [0.25, 0.3) is 0 Å². The van der Waals surface area contributed by atoms with Crippen LogP contribution in [0.3, 0.4) is 0 Å². The minimum absolute atomic E-state index is 0.242. The first-order chi connectivity index (χ1) is 10.5. The van der Waals surface area contributed by atoms with Crippen molar-refractivity contribution in [1.29, 1.82) is 0 Å². The molecule has 1 aliphatic heterocycles. The Hall–Kier alpha value is -1.66. The van der Waals surface area contributed by atoms with Crippen molar-refractivity contribution in [2.24, 2.45) is 7.05 Å². The minimum atomic E-state index is -0.273. The Kier molecular flexibility index (Phi) is 4.06. The summed E-state index contributed by atoms with van der Waals surface area (Å²) in [5.41, 5.74) is 1.15. The van der Waals surface area contributed by atoms with Crippen LogP contribution in [0, 0.1) is 0 Å². The molecule has 118 valence electrons. The Morgan fingerprint density at radius 1 is 1.41 bits per heavy atom. The van der Waals surface area contributed by atoms with Gasteiger partial charge in [-0.3, -0.25) is 4.57 Å². The number of anilines is 1. The first kappa shape index (κ1) is 15.2. The van der Waals surface area contributed by atoms with E-state index in [9.17, 15) is 4.79 Å². The van der Waals surface area contributed by atoms with Crippen molar-refractivity contribution in [3.8, 4) is 0 Å². The average Bonchev–Trinajstić information content (AvgIpc) is 2.51. The maximum absolute atomic E-state index is 12.2. The number of aryl methyl sites for hydroxylation is 1. The third-order valence-corrected chi connectivity index (χ3v) is 4.53. The van der Waals surface area contributed by atoms with Crippen LogP contribution >= 0.6 is 11.6 Å². The summed E-state index contributed by atoms with van der Waals surface area (Å²) < 4.78 is 1.51. The maximum Gasteiger partial charge on any atom is 0.349 e. The van der Waals surface area contributed by atoms with Crippen LogP contribution in [-0.4, -0.2) is 39.7 Å². The lowest BCUT2D eigenvalue weighted by Gasteiger charge is -2.39. The van der Waals surface area contributed by atoms with Crippen LogP contribution in [0.15, 0.2) is 16.9 Å². The van der Waals surface area contributed by atoms with Crippen molar-refractivity contribution < 1.29 is 0 Å². The number of hydrogen-bond acceptors (Lipinski definition) is 5. The number of pyridine rings is 1. The first-order valence-corrected chi connectivity index (χ1v) is 7.92. The number of piperazine rings is 1. The summed E-state index contributed by atoms with van der Waals surface area (Å²) in [6.07, 6.45) is 1.03. The summed E-state index contributed by atoms with van der Waals surface area (Å²) in [5, 5.41) is 3.91. The molecule has 2 aromatic rings. The SMILES string of the molecule is CC[C@@H]1CN(c2nc(=O)n(C)c3ccc(Cl)nc23)[C@@H](C)CN1. The summed E-state index contributed by atoms with van der Waals surface area (Å²) in [5.74, 6) is 0.632. The lowest BCUT2D eigenvalue weighted by atomic mass is 10.1. The van der Waals surface area contributed by atoms with Gasteiger partial charge in [0.15, 0.2) is 5.82 Å². The second-order valence-electron chi connectivity index (χ2n) is 5.79. The Bertz CT molecular complexity index is 759. The Morgan fingerprint density at radius 3 is 2.91 bits per heavy atom. The number of fused-ring (bicyclic) bond motifs is 1. The molecule has 22 heavy (non-hydrogen) atoms. The quantitative estimate of drug-likeness (QED) is 0.850. The summed E-state index contributed by atoms with van der Waals surface area (Å²) in [6.45, 7) is 5.93. The molecule has 0 amide bonds. The van der Waals surface area contributed by atoms with Crippen LogP contribution in [0.2, 0.25) is 5.15 Å². The zero-order valence-electron chi connectivity index (χ0n) is 13.0. The van der Waals surface area contributed by atoms with E-state index >= 15 is 0 Å². The largest absolute Gasteiger partial charge is 0.349 e. The van der Waals surface area contributed by atoms with Crippen LogP contribution in [0.5, 0.6) is 0 Å². The second-order valence-corrected chi connectivity index (χ2v) is 6.18. The van der Waals surface area contributed by atoms with Gasteiger partial charge in [0.1, 0.15) is 10.7 Å². The summed E-state index contributed by atoms with van der Waals surface area (Å²) in [6, 6.07) is 4.15. The van der Waals surface area contributed by atoms with Crippen molar-refractivity contribution in [3.05, 3.63) is 27.8 Å². The average molecular weight is 322 g/mol. The molecule has 2 atom stereocenters. The van der Waals surface area contributed by atoms with Gasteiger partial charge in [-0.05, 0) is 25.5 Å². The van der Waals surface area contributed by atoms with Crippen molar-refractivity contribution in [2.75, 3.05) is 18.0 Å². The minimum Gasteiger partial charge on any atom is -0.349 e. The van der Waals surface area contributed by atoms with Crippen molar-refractivity contribution in [2.45, 2.75) is 32.4 Å². The Balaban J connectivity index is 2.19. The van der Waals surface area contributed by atoms with Crippen LogP contribution in [0.1, 0.15) is 20.3 Å². The number of hydrogen-bond donors (Lipinski definition) is 1. The monoisotopic (exact) mass is 321 g/mol. The summed E-state index contributed by atoms with van der Waals surface area (Å²) in [7, 11) is 1.70. The van der Waals surface area contributed by atoms with Gasteiger partial charge in [0.05, 0.1) is 5.52 Å². The molecule has 1 saturated heterocycles. The molecule has 0 bridgehead atoms. The standard InChI is InChI=1S/C15H20ClN5O/c1-4-10-8-21(9(2)7-17-10)14-13-11(5-6-12(16)18-13)20(3)15(22)19-14/h5-6,9-10,17H,4,7-8H2,1-3H3/t9-,10+/m0/s1. The van der Waals surface area contributed by atoms with E-state index in [0.717, 1.165) is 25.0 Å². The molecule has 3 rings (SSSR count). The van der Waals surface area contributed by atoms with E-state index in [2.05, 4.69) is 34.0 Å². The molecule has 1 N–H and O–H groups in total. The number of rotatable bonds is 2. The normalized spacial score (nSPS) is 22.3. The molecule has 1 aliphatic rings. The van der Waals surface area contributed by atoms with E-state index in [1.54, 1.807) is 13.1 Å². The van der Waals surface area contributed by atoms with Gasteiger partial charge < -0.3 is 10.2 Å². The number of halogens is 1. The molecule has 0 saturated carbocycles. The lowest BCUT2D eigenvalue weighted by Crippen LogP contribution is -2.56. The van der Waals surface area contributed by atoms with Gasteiger partial charge in [0, 0.05) is 32.2 Å². The molecule has 0 aliphatic carbocycles. The summed E-state index contributed by atoms with van der Waals surface area (Å²) in [4.78, 5) is 23.0. The van der Waals surface area contributed by atoms with Crippen LogP contribution < -0.4 is 15.9 Å². The van der Waals surface area contributed by atoms with Crippen molar-refractivity contribution >= 4 is 28.5 Å². The smallest absolute Gasteiger partial charge is 0.349 e. The van der Waals surface area contributed by atoms with E-state index in [0.29, 0.717) is 22.5 Å². The molecule has 0 unspecified atom stereocenters. The Morgan fingerprint density at radius 2 is 2.18 bits per heavy atom. The van der Waals surface area contributed by atoms with Gasteiger partial charge in [-0.2, -0.15) is 4.98 Å². The van der Waals surface area contributed by atoms with E-state index in [-0.39, 0.29) is 11.7 Å². The zero-order valence-corrected chi connectivity index (χ0v) is 13.8. The molecule has 0 spiro atoms. The molecule has 6 nitrogen and oxygen atoms in total. The van der Waals surface area contributed by atoms with E-state index in [1.165, 1.54) is 4.57 Å². The fourth-order valence-corrected chi connectivity index (χ4v) is 3.03. The molecule has 0 aromatic carbocycles. The molecular formula is C15H20ClN5O. The van der Waals surface area contributed by atoms with Crippen LogP contribution in [-0.2, 0) is 7.05 Å². The number of nitrogens with zero attached hydrogens (tertiary/aromatic N) is 4. The maximum atomic E-state index is 12.2. The molecule has 7 heteroatoms. The van der Waals surface area contributed by atoms with Crippen LogP contribution in [0.4, 0.5) is 5.82 Å². The van der Waals surface area contributed by atoms with Gasteiger partial charge in [-0.15, -0.1) is 0 Å². The lowest BCUT2D eigenvalue weighted by molar-refractivity contribution is 0.395. The predicted molar refractivity (Wildman–Crippen MR) is 88.7 cm³/mol. The van der Waals surface area contributed by atoms with Gasteiger partial charge in [-0.1, -0.05) is 18.5 Å². The molecule has 2 aromatic heterocycles. The highest BCUT2D eigenvalue weighted by Crippen LogP contribution is 2.25. The van der Waals surface area contributed by atoms with E-state index < -0.39 is 0 Å². The fourth-order valence-electron chi connectivity index (χ4n) is 2.88. The van der Waals surface area contributed by atoms with E-state index in [1.807, 2.05) is 6.07 Å². The van der Waals surface area contributed by atoms with Gasteiger partial charge in [0.2, 0.25) is 0 Å². The second kappa shape index (κ2) is 5.85. The number of nitrogens with one attached hydrogen (secondary N) is 1. The summed E-state index contributed by atoms with van der Waals surface area (Å²) >= 11 is 6.06. The highest BCUT2D eigenvalue weighted by atomic mass is 35.5. The highest BCUT2D eigenvalue weighted by molar-refractivity contribution is 6.29. The molecular weight excluding hydrogens is 302 g/mol. The predicted octanol–water partition coefficient (Wildman–Crippen LogP) is 1.56. The molecule has 1 fully saturated rings. The molecule has 0 radical (unpaired) electrons. The highest BCUT2D eigenvalue weighted by Gasteiger charge is 2.27. The fraction of sp³-hybridized carbons (Fsp3) is 0.533. The Labute approximate surface area is 134 Å². The van der Waals surface area contributed by atoms with Crippen molar-refractivity contribution in [3.63, 3.8) is 0 Å². The molecule has 3 heterocycles. The topological polar surface area (TPSA) is 63.1 Å². The third-order valence-electron chi connectivity index (χ3n) is 4.32. The number of aromatic nitrogens is 3. The zero-order chi connectivity index (χ0) is 15.9. The van der Waals surface area contributed by atoms with Crippen molar-refractivity contribution in [1.82, 2.24) is 19.9 Å². The van der Waals surface area contributed by atoms with E-state index in [4.69, 9.17) is 11.6 Å². The van der Waals surface area contributed by atoms with Gasteiger partial charge >= 0.3 is 5.69 Å².